The molecule has 2 aliphatic rings. The third kappa shape index (κ3) is 5.44. The highest BCUT2D eigenvalue weighted by molar-refractivity contribution is 6.09. The van der Waals surface area contributed by atoms with Gasteiger partial charge in [-0.2, -0.15) is 0 Å². The molecule has 1 aliphatic carbocycles. The summed E-state index contributed by atoms with van der Waals surface area (Å²) in [7, 11) is 0. The molecular weight excluding hydrogens is 693 g/mol. The van der Waals surface area contributed by atoms with Crippen LogP contribution in [0.5, 0.6) is 0 Å². The highest BCUT2D eigenvalue weighted by atomic mass is 15.2. The molecule has 11 rings (SSSR count). The van der Waals surface area contributed by atoms with Crippen LogP contribution in [0.3, 0.4) is 0 Å². The fraction of sp³-hybridized carbons (Fsp3) is 0.0566. The third-order valence-electron chi connectivity index (χ3n) is 11.8. The molecule has 2 atom stereocenters. The first kappa shape index (κ1) is 33.1. The number of nitrogens with zero attached hydrogens (tertiary/aromatic N) is 4. The van der Waals surface area contributed by atoms with Gasteiger partial charge in [0.25, 0.3) is 0 Å². The Labute approximate surface area is 332 Å². The zero-order valence-corrected chi connectivity index (χ0v) is 31.5. The SMILES string of the molecule is CC12C=CC=CC1N(c1cc(-c3cc(-c4cccc(-c5ccccc5)c4)nc(-c4ccccc4)n3)cc(-n3c4ccccc4c4ccccc43)c1)c1ccccc12. The second kappa shape index (κ2) is 13.2. The van der Waals surface area contributed by atoms with Gasteiger partial charge in [0.05, 0.1) is 28.5 Å². The molecule has 0 spiro atoms. The van der Waals surface area contributed by atoms with Crippen LogP contribution in [0.15, 0.2) is 206 Å². The Hall–Kier alpha value is -7.30. The number of hydrogen-bond acceptors (Lipinski definition) is 3. The van der Waals surface area contributed by atoms with Crippen LogP contribution in [-0.2, 0) is 5.41 Å². The van der Waals surface area contributed by atoms with Crippen LogP contribution in [0.2, 0.25) is 0 Å². The average molecular weight is 731 g/mol. The Morgan fingerprint density at radius 3 is 1.82 bits per heavy atom. The number of allylic oxidation sites excluding steroid dienone is 2. The van der Waals surface area contributed by atoms with Crippen LogP contribution < -0.4 is 4.90 Å². The van der Waals surface area contributed by atoms with E-state index in [0.29, 0.717) is 5.82 Å². The number of hydrogen-bond donors (Lipinski definition) is 0. The maximum atomic E-state index is 5.37. The fourth-order valence-electron chi connectivity index (χ4n) is 9.08. The van der Waals surface area contributed by atoms with E-state index in [1.165, 1.54) is 38.6 Å². The van der Waals surface area contributed by atoms with Crippen LogP contribution in [0, 0.1) is 0 Å². The van der Waals surface area contributed by atoms with Gasteiger partial charge in [-0.25, -0.2) is 9.97 Å². The molecule has 1 aliphatic heterocycles. The zero-order valence-electron chi connectivity index (χ0n) is 31.5. The van der Waals surface area contributed by atoms with Crippen LogP contribution in [0.25, 0.3) is 72.5 Å². The summed E-state index contributed by atoms with van der Waals surface area (Å²) in [6.45, 7) is 2.36. The van der Waals surface area contributed by atoms with Crippen molar-refractivity contribution in [3.8, 4) is 50.7 Å². The van der Waals surface area contributed by atoms with Gasteiger partial charge < -0.3 is 9.47 Å². The van der Waals surface area contributed by atoms with Gasteiger partial charge in [-0.15, -0.1) is 0 Å². The quantitative estimate of drug-likeness (QED) is 0.171. The lowest BCUT2D eigenvalue weighted by Crippen LogP contribution is -2.39. The Balaban J connectivity index is 1.18. The first-order chi connectivity index (χ1) is 28.1. The Kier molecular flexibility index (Phi) is 7.65. The minimum Gasteiger partial charge on any atom is -0.333 e. The van der Waals surface area contributed by atoms with Crippen molar-refractivity contribution in [1.29, 1.82) is 0 Å². The molecule has 0 fully saturated rings. The molecule has 0 amide bonds. The Morgan fingerprint density at radius 1 is 0.474 bits per heavy atom. The summed E-state index contributed by atoms with van der Waals surface area (Å²) in [5, 5.41) is 2.46. The van der Waals surface area contributed by atoms with Crippen molar-refractivity contribution in [2.45, 2.75) is 18.4 Å². The number of anilines is 2. The summed E-state index contributed by atoms with van der Waals surface area (Å²) in [6, 6.07) is 65.1. The molecule has 2 aromatic heterocycles. The van der Waals surface area contributed by atoms with Crippen molar-refractivity contribution in [3.63, 3.8) is 0 Å². The fourth-order valence-corrected chi connectivity index (χ4v) is 9.08. The predicted octanol–water partition coefficient (Wildman–Crippen LogP) is 13.1. The van der Waals surface area contributed by atoms with Gasteiger partial charge in [0.2, 0.25) is 0 Å². The molecule has 3 heterocycles. The van der Waals surface area contributed by atoms with Crippen molar-refractivity contribution in [1.82, 2.24) is 14.5 Å². The predicted molar refractivity (Wildman–Crippen MR) is 236 cm³/mol. The van der Waals surface area contributed by atoms with Crippen LogP contribution in [0.4, 0.5) is 11.4 Å². The molecule has 270 valence electrons. The monoisotopic (exact) mass is 730 g/mol. The van der Waals surface area contributed by atoms with E-state index in [0.717, 1.165) is 45.0 Å². The van der Waals surface area contributed by atoms with Crippen LogP contribution in [0.1, 0.15) is 12.5 Å². The van der Waals surface area contributed by atoms with Gasteiger partial charge in [-0.05, 0) is 72.1 Å². The molecule has 9 aromatic rings. The van der Waals surface area contributed by atoms with E-state index in [-0.39, 0.29) is 11.5 Å². The summed E-state index contributed by atoms with van der Waals surface area (Å²) in [6.07, 6.45) is 9.09. The largest absolute Gasteiger partial charge is 0.333 e. The summed E-state index contributed by atoms with van der Waals surface area (Å²) in [4.78, 5) is 13.1. The molecule has 4 heteroatoms. The van der Waals surface area contributed by atoms with Crippen molar-refractivity contribution >= 4 is 33.2 Å². The summed E-state index contributed by atoms with van der Waals surface area (Å²) in [5.41, 5.74) is 14.0. The van der Waals surface area contributed by atoms with Gasteiger partial charge in [0.15, 0.2) is 5.82 Å². The first-order valence-corrected chi connectivity index (χ1v) is 19.6. The first-order valence-electron chi connectivity index (χ1n) is 19.6. The van der Waals surface area contributed by atoms with Crippen molar-refractivity contribution in [3.05, 3.63) is 212 Å². The van der Waals surface area contributed by atoms with Gasteiger partial charge in [0.1, 0.15) is 0 Å². The summed E-state index contributed by atoms with van der Waals surface area (Å²) in [5.74, 6) is 0.691. The maximum Gasteiger partial charge on any atom is 0.160 e. The van der Waals surface area contributed by atoms with Crippen molar-refractivity contribution in [2.24, 2.45) is 0 Å². The van der Waals surface area contributed by atoms with Crippen molar-refractivity contribution in [2.75, 3.05) is 4.90 Å². The molecule has 0 bridgehead atoms. The lowest BCUT2D eigenvalue weighted by molar-refractivity contribution is 0.550. The maximum absolute atomic E-state index is 5.37. The molecule has 4 nitrogen and oxygen atoms in total. The highest BCUT2D eigenvalue weighted by Crippen LogP contribution is 2.52. The summed E-state index contributed by atoms with van der Waals surface area (Å²) < 4.78 is 2.42. The lowest BCUT2D eigenvalue weighted by Gasteiger charge is -2.35. The Morgan fingerprint density at radius 2 is 1.07 bits per heavy atom. The zero-order chi connectivity index (χ0) is 37.9. The van der Waals surface area contributed by atoms with E-state index < -0.39 is 0 Å². The number of benzene rings is 7. The number of para-hydroxylation sites is 3. The van der Waals surface area contributed by atoms with E-state index in [1.54, 1.807) is 0 Å². The van der Waals surface area contributed by atoms with Gasteiger partial charge in [-0.1, -0.05) is 158 Å². The van der Waals surface area contributed by atoms with E-state index in [4.69, 9.17) is 9.97 Å². The molecule has 0 N–H and O–H groups in total. The minimum absolute atomic E-state index is 0.0997. The Bertz CT molecular complexity index is 3000. The molecule has 57 heavy (non-hydrogen) atoms. The lowest BCUT2D eigenvalue weighted by atomic mass is 9.76. The third-order valence-corrected chi connectivity index (χ3v) is 11.8. The van der Waals surface area contributed by atoms with Crippen LogP contribution >= 0.6 is 0 Å². The standard InChI is InChI=1S/C53H38N4/c1-53-30-15-14-29-51(53)57(50-28-13-10-25-45(50)53)42-33-40(32-41(34-42)56-48-26-11-8-23-43(48)44-24-9-12-27-49(44)56)47-35-46(54-52(55-47)37-19-6-3-7-20-37)39-22-16-21-38(31-39)36-17-4-2-5-18-36/h2-35,51H,1H3. The average Bonchev–Trinajstić information content (AvgIpc) is 3.76. The van der Waals surface area contributed by atoms with Gasteiger partial charge >= 0.3 is 0 Å². The van der Waals surface area contributed by atoms with E-state index in [1.807, 2.05) is 6.07 Å². The van der Waals surface area contributed by atoms with Gasteiger partial charge in [0, 0.05) is 49.9 Å². The number of rotatable bonds is 6. The molecule has 0 radical (unpaired) electrons. The number of aromatic nitrogens is 3. The van der Waals surface area contributed by atoms with E-state index in [2.05, 4.69) is 217 Å². The molecule has 2 unspecified atom stereocenters. The topological polar surface area (TPSA) is 34.0 Å². The second-order valence-electron chi connectivity index (χ2n) is 15.2. The van der Waals surface area contributed by atoms with Crippen molar-refractivity contribution < 1.29 is 0 Å². The van der Waals surface area contributed by atoms with Crippen LogP contribution in [-0.4, -0.2) is 20.6 Å². The molecule has 0 saturated carbocycles. The molecular formula is C53H38N4. The van der Waals surface area contributed by atoms with E-state index in [9.17, 15) is 0 Å². The minimum atomic E-state index is -0.180. The van der Waals surface area contributed by atoms with Gasteiger partial charge in [-0.3, -0.25) is 0 Å². The second-order valence-corrected chi connectivity index (χ2v) is 15.2. The smallest absolute Gasteiger partial charge is 0.160 e. The molecule has 0 saturated heterocycles. The normalized spacial score (nSPS) is 16.9. The number of fused-ring (bicyclic) bond motifs is 6. The van der Waals surface area contributed by atoms with E-state index >= 15 is 0 Å². The molecule has 7 aromatic carbocycles. The highest BCUT2D eigenvalue weighted by Gasteiger charge is 2.46. The summed E-state index contributed by atoms with van der Waals surface area (Å²) >= 11 is 0.